The summed E-state index contributed by atoms with van der Waals surface area (Å²) in [6.07, 6.45) is 4.72. The lowest BCUT2D eigenvalue weighted by Gasteiger charge is -2.37. The molecule has 1 aliphatic carbocycles. The maximum absolute atomic E-state index is 13.6. The number of aryl methyl sites for hydroxylation is 2. The van der Waals surface area contributed by atoms with Gasteiger partial charge >= 0.3 is 0 Å². The average molecular weight is 448 g/mol. The van der Waals surface area contributed by atoms with Crippen molar-refractivity contribution in [3.63, 3.8) is 0 Å². The second-order valence-electron chi connectivity index (χ2n) is 8.87. The van der Waals surface area contributed by atoms with Gasteiger partial charge in [-0.05, 0) is 73.6 Å². The van der Waals surface area contributed by atoms with E-state index in [4.69, 9.17) is 27.9 Å². The Bertz CT molecular complexity index is 894. The average Bonchev–Trinajstić information content (AvgIpc) is 2.67. The zero-order chi connectivity index (χ0) is 21.9. The van der Waals surface area contributed by atoms with E-state index >= 15 is 0 Å². The molecule has 0 aromatic heterocycles. The van der Waals surface area contributed by atoms with Crippen molar-refractivity contribution in [3.05, 3.63) is 57.1 Å². The Hall–Kier alpha value is -1.71. The second-order valence-corrected chi connectivity index (χ2v) is 9.71. The molecule has 1 saturated carbocycles. The molecule has 1 fully saturated rings. The molecule has 2 aromatic carbocycles. The van der Waals surface area contributed by atoms with Crippen molar-refractivity contribution >= 4 is 34.8 Å². The molecule has 30 heavy (non-hydrogen) atoms. The number of hydrogen-bond acceptors (Lipinski definition) is 2. The van der Waals surface area contributed by atoms with Crippen LogP contribution in [0.1, 0.15) is 62.6 Å². The lowest BCUT2D eigenvalue weighted by molar-refractivity contribution is -0.122. The Morgan fingerprint density at radius 2 is 1.70 bits per heavy atom. The quantitative estimate of drug-likeness (QED) is 0.497. The number of ether oxygens (including phenoxy) is 1. The Morgan fingerprint density at radius 1 is 1.07 bits per heavy atom. The predicted octanol–water partition coefficient (Wildman–Crippen LogP) is 7.49. The first-order valence-corrected chi connectivity index (χ1v) is 11.5. The number of amides is 1. The fourth-order valence-electron chi connectivity index (χ4n) is 4.40. The van der Waals surface area contributed by atoms with Crippen molar-refractivity contribution in [2.75, 3.05) is 11.9 Å². The molecule has 1 amide bonds. The van der Waals surface area contributed by atoms with E-state index in [-0.39, 0.29) is 5.91 Å². The van der Waals surface area contributed by atoms with Crippen molar-refractivity contribution < 1.29 is 9.53 Å². The van der Waals surface area contributed by atoms with Crippen LogP contribution in [0.4, 0.5) is 5.69 Å². The summed E-state index contributed by atoms with van der Waals surface area (Å²) in [4.78, 5) is 13.6. The largest absolute Gasteiger partial charge is 0.493 e. The van der Waals surface area contributed by atoms with Crippen molar-refractivity contribution in [1.82, 2.24) is 0 Å². The Morgan fingerprint density at radius 3 is 2.27 bits per heavy atom. The summed E-state index contributed by atoms with van der Waals surface area (Å²) in [5, 5.41) is 4.32. The van der Waals surface area contributed by atoms with Crippen LogP contribution in [0.5, 0.6) is 5.75 Å². The van der Waals surface area contributed by atoms with E-state index in [2.05, 4.69) is 19.2 Å². The SMILES string of the molecule is Cc1cc(NC(=O)C2(c3ccc(Cl)cc3Cl)CCCCC2)cc(C)c1OCC(C)C. The van der Waals surface area contributed by atoms with Crippen molar-refractivity contribution in [2.45, 2.75) is 65.2 Å². The monoisotopic (exact) mass is 447 g/mol. The first-order valence-electron chi connectivity index (χ1n) is 10.7. The van der Waals surface area contributed by atoms with E-state index in [1.165, 1.54) is 0 Å². The minimum absolute atomic E-state index is 0.000992. The zero-order valence-corrected chi connectivity index (χ0v) is 19.8. The van der Waals surface area contributed by atoms with Crippen molar-refractivity contribution in [3.8, 4) is 5.75 Å². The normalized spacial score (nSPS) is 15.8. The summed E-state index contributed by atoms with van der Waals surface area (Å²) >= 11 is 12.7. The maximum Gasteiger partial charge on any atom is 0.235 e. The molecule has 3 rings (SSSR count). The molecule has 162 valence electrons. The van der Waals surface area contributed by atoms with Crippen molar-refractivity contribution in [2.24, 2.45) is 5.92 Å². The van der Waals surface area contributed by atoms with Crippen LogP contribution in [0, 0.1) is 19.8 Å². The van der Waals surface area contributed by atoms with Gasteiger partial charge in [0.1, 0.15) is 5.75 Å². The number of rotatable bonds is 6. The molecular formula is C25H31Cl2NO2. The first kappa shape index (κ1) is 23.0. The molecule has 0 atom stereocenters. The number of halogens is 2. The lowest BCUT2D eigenvalue weighted by Crippen LogP contribution is -2.42. The molecule has 3 nitrogen and oxygen atoms in total. The minimum Gasteiger partial charge on any atom is -0.493 e. The van der Waals surface area contributed by atoms with Gasteiger partial charge in [0.2, 0.25) is 5.91 Å². The highest BCUT2D eigenvalue weighted by Crippen LogP contribution is 2.44. The molecule has 1 aliphatic rings. The van der Waals surface area contributed by atoms with Crippen LogP contribution >= 0.6 is 23.2 Å². The summed E-state index contributed by atoms with van der Waals surface area (Å²) in [5.41, 5.74) is 3.08. The van der Waals surface area contributed by atoms with Gasteiger partial charge in [0.05, 0.1) is 12.0 Å². The highest BCUT2D eigenvalue weighted by atomic mass is 35.5. The van der Waals surface area contributed by atoms with Gasteiger partial charge in [-0.25, -0.2) is 0 Å². The fraction of sp³-hybridized carbons (Fsp3) is 0.480. The number of nitrogens with one attached hydrogen (secondary N) is 1. The minimum atomic E-state index is -0.630. The zero-order valence-electron chi connectivity index (χ0n) is 18.3. The first-order chi connectivity index (χ1) is 14.2. The summed E-state index contributed by atoms with van der Waals surface area (Å²) in [6, 6.07) is 9.44. The third kappa shape index (κ3) is 4.95. The van der Waals surface area contributed by atoms with Crippen LogP contribution in [0.25, 0.3) is 0 Å². The van der Waals surface area contributed by atoms with E-state index < -0.39 is 5.41 Å². The van der Waals surface area contributed by atoms with E-state index in [9.17, 15) is 4.79 Å². The number of anilines is 1. The van der Waals surface area contributed by atoms with Crippen LogP contribution in [-0.4, -0.2) is 12.5 Å². The summed E-state index contributed by atoms with van der Waals surface area (Å²) in [6.45, 7) is 8.97. The van der Waals surface area contributed by atoms with Gasteiger partial charge in [-0.2, -0.15) is 0 Å². The number of hydrogen-bond donors (Lipinski definition) is 1. The lowest BCUT2D eigenvalue weighted by atomic mass is 9.68. The Balaban J connectivity index is 1.90. The number of carbonyl (C=O) groups excluding carboxylic acids is 1. The van der Waals surface area contributed by atoms with Crippen LogP contribution in [0.2, 0.25) is 10.0 Å². The third-order valence-corrected chi connectivity index (χ3v) is 6.42. The predicted molar refractivity (Wildman–Crippen MR) is 126 cm³/mol. The van der Waals surface area contributed by atoms with Gasteiger partial charge in [0, 0.05) is 15.7 Å². The summed E-state index contributed by atoms with van der Waals surface area (Å²) in [5.74, 6) is 1.36. The number of benzene rings is 2. The molecule has 0 spiro atoms. The third-order valence-electron chi connectivity index (χ3n) is 5.87. The van der Waals surface area contributed by atoms with Gasteiger partial charge in [0.25, 0.3) is 0 Å². The molecule has 0 unspecified atom stereocenters. The summed E-state index contributed by atoms with van der Waals surface area (Å²) in [7, 11) is 0. The molecule has 0 bridgehead atoms. The smallest absolute Gasteiger partial charge is 0.235 e. The van der Waals surface area contributed by atoms with E-state index in [1.54, 1.807) is 6.07 Å². The maximum atomic E-state index is 13.6. The van der Waals surface area contributed by atoms with E-state index in [0.29, 0.717) is 22.6 Å². The Kier molecular flexibility index (Phi) is 7.36. The fourth-order valence-corrected chi connectivity index (χ4v) is 4.99. The van der Waals surface area contributed by atoms with Gasteiger partial charge in [-0.1, -0.05) is 62.4 Å². The highest BCUT2D eigenvalue weighted by molar-refractivity contribution is 6.35. The highest BCUT2D eigenvalue weighted by Gasteiger charge is 2.42. The second kappa shape index (κ2) is 9.62. The van der Waals surface area contributed by atoms with Gasteiger partial charge in [0.15, 0.2) is 0 Å². The van der Waals surface area contributed by atoms with Crippen LogP contribution in [-0.2, 0) is 10.2 Å². The topological polar surface area (TPSA) is 38.3 Å². The molecule has 2 aromatic rings. The Labute approximate surface area is 190 Å². The van der Waals surface area contributed by atoms with Gasteiger partial charge < -0.3 is 10.1 Å². The standard InChI is InChI=1S/C25H31Cl2NO2/c1-16(2)15-30-23-17(3)12-20(13-18(23)4)28-24(29)25(10-6-5-7-11-25)21-9-8-19(26)14-22(21)27/h8-9,12-14,16H,5-7,10-11,15H2,1-4H3,(H,28,29). The van der Waals surface area contributed by atoms with Gasteiger partial charge in [-0.15, -0.1) is 0 Å². The molecule has 0 saturated heterocycles. The molecule has 0 aliphatic heterocycles. The molecule has 0 radical (unpaired) electrons. The van der Waals surface area contributed by atoms with E-state index in [0.717, 1.165) is 60.2 Å². The molecular weight excluding hydrogens is 417 g/mol. The molecule has 1 N–H and O–H groups in total. The van der Waals surface area contributed by atoms with Crippen molar-refractivity contribution in [1.29, 1.82) is 0 Å². The van der Waals surface area contributed by atoms with Gasteiger partial charge in [-0.3, -0.25) is 4.79 Å². The van der Waals surface area contributed by atoms with Crippen LogP contribution in [0.3, 0.4) is 0 Å². The summed E-state index contributed by atoms with van der Waals surface area (Å²) < 4.78 is 5.98. The molecule has 0 heterocycles. The van der Waals surface area contributed by atoms with Crippen LogP contribution < -0.4 is 10.1 Å². The number of carbonyl (C=O) groups is 1. The molecule has 5 heteroatoms. The van der Waals surface area contributed by atoms with Crippen LogP contribution in [0.15, 0.2) is 30.3 Å². The van der Waals surface area contributed by atoms with E-state index in [1.807, 2.05) is 38.1 Å².